The Hall–Kier alpha value is -2.34. The fourth-order valence-electron chi connectivity index (χ4n) is 4.57. The number of likely N-dealkylation sites (tertiary alicyclic amines) is 2. The lowest BCUT2D eigenvalue weighted by Gasteiger charge is -2.37. The Balaban J connectivity index is 1.23. The topological polar surface area (TPSA) is 66.7 Å². The highest BCUT2D eigenvalue weighted by Crippen LogP contribution is 2.25. The molecular formula is C24H30ClN3O3. The molecule has 4 rings (SSSR count). The molecule has 31 heavy (non-hydrogen) atoms. The van der Waals surface area contributed by atoms with Crippen molar-refractivity contribution in [2.24, 2.45) is 11.8 Å². The average Bonchev–Trinajstić information content (AvgIpc) is 3.26. The van der Waals surface area contributed by atoms with Crippen LogP contribution in [0.1, 0.15) is 44.9 Å². The summed E-state index contributed by atoms with van der Waals surface area (Å²) in [6.45, 7) is 5.29. The zero-order valence-corrected chi connectivity index (χ0v) is 18.8. The van der Waals surface area contributed by atoms with E-state index in [1.54, 1.807) is 6.20 Å². The molecule has 0 radical (unpaired) electrons. The van der Waals surface area contributed by atoms with E-state index in [0.29, 0.717) is 48.5 Å². The van der Waals surface area contributed by atoms with Gasteiger partial charge in [-0.25, -0.2) is 4.98 Å². The zero-order chi connectivity index (χ0) is 21.8. The lowest BCUT2D eigenvalue weighted by Crippen LogP contribution is -2.47. The number of benzene rings is 1. The summed E-state index contributed by atoms with van der Waals surface area (Å²) >= 11 is 5.92. The summed E-state index contributed by atoms with van der Waals surface area (Å²) in [4.78, 5) is 33.7. The van der Waals surface area contributed by atoms with E-state index in [9.17, 15) is 9.59 Å². The molecule has 6 nitrogen and oxygen atoms in total. The van der Waals surface area contributed by atoms with Gasteiger partial charge in [-0.3, -0.25) is 9.59 Å². The van der Waals surface area contributed by atoms with Gasteiger partial charge in [0.25, 0.3) is 0 Å². The van der Waals surface area contributed by atoms with Gasteiger partial charge in [0.15, 0.2) is 11.7 Å². The van der Waals surface area contributed by atoms with Gasteiger partial charge in [-0.15, -0.1) is 0 Å². The highest BCUT2D eigenvalue weighted by atomic mass is 35.5. The quantitative estimate of drug-likeness (QED) is 0.685. The van der Waals surface area contributed by atoms with Crippen molar-refractivity contribution >= 4 is 23.4 Å². The normalized spacial score (nSPS) is 20.1. The summed E-state index contributed by atoms with van der Waals surface area (Å²) < 4.78 is 5.80. The SMILES string of the molecule is CC1CCCN(C(=O)C2CCN(C(=O)CCc3ncc(-c4ccc(Cl)cc4)o3)CC2)C1. The maximum Gasteiger partial charge on any atom is 0.225 e. The van der Waals surface area contributed by atoms with Crippen LogP contribution in [0, 0.1) is 11.8 Å². The molecule has 2 amide bonds. The van der Waals surface area contributed by atoms with Crippen molar-refractivity contribution in [3.05, 3.63) is 41.4 Å². The molecule has 2 aromatic rings. The summed E-state index contributed by atoms with van der Waals surface area (Å²) in [5, 5.41) is 0.671. The van der Waals surface area contributed by atoms with Crippen molar-refractivity contribution in [3.63, 3.8) is 0 Å². The van der Waals surface area contributed by atoms with Crippen molar-refractivity contribution in [1.82, 2.24) is 14.8 Å². The monoisotopic (exact) mass is 443 g/mol. The van der Waals surface area contributed by atoms with Crippen LogP contribution in [-0.2, 0) is 16.0 Å². The van der Waals surface area contributed by atoms with Crippen LogP contribution in [0.15, 0.2) is 34.9 Å². The molecule has 7 heteroatoms. The molecule has 2 aliphatic heterocycles. The van der Waals surface area contributed by atoms with Crippen molar-refractivity contribution in [1.29, 1.82) is 0 Å². The van der Waals surface area contributed by atoms with Gasteiger partial charge in [-0.1, -0.05) is 18.5 Å². The number of hydrogen-bond donors (Lipinski definition) is 0. The summed E-state index contributed by atoms with van der Waals surface area (Å²) in [7, 11) is 0. The van der Waals surface area contributed by atoms with E-state index in [4.69, 9.17) is 16.0 Å². The second-order valence-electron chi connectivity index (χ2n) is 8.81. The van der Waals surface area contributed by atoms with E-state index in [-0.39, 0.29) is 17.7 Å². The van der Waals surface area contributed by atoms with E-state index in [1.165, 1.54) is 6.42 Å². The molecule has 2 fully saturated rings. The number of aromatic nitrogens is 1. The molecule has 1 aromatic carbocycles. The Morgan fingerprint density at radius 2 is 1.84 bits per heavy atom. The molecule has 0 aliphatic carbocycles. The highest BCUT2D eigenvalue weighted by Gasteiger charge is 2.31. The number of halogens is 1. The fraction of sp³-hybridized carbons (Fsp3) is 0.542. The van der Waals surface area contributed by atoms with Crippen LogP contribution in [-0.4, -0.2) is 52.8 Å². The number of oxazole rings is 1. The number of nitrogens with zero attached hydrogens (tertiary/aromatic N) is 3. The molecule has 3 heterocycles. The van der Waals surface area contributed by atoms with Gasteiger partial charge in [-0.2, -0.15) is 0 Å². The van der Waals surface area contributed by atoms with Gasteiger partial charge in [-0.05, 0) is 55.9 Å². The number of hydrogen-bond acceptors (Lipinski definition) is 4. The third-order valence-electron chi connectivity index (χ3n) is 6.40. The second kappa shape index (κ2) is 9.86. The lowest BCUT2D eigenvalue weighted by atomic mass is 9.92. The van der Waals surface area contributed by atoms with Gasteiger partial charge < -0.3 is 14.2 Å². The molecule has 1 atom stereocenters. The van der Waals surface area contributed by atoms with Gasteiger partial charge in [0, 0.05) is 55.5 Å². The average molecular weight is 444 g/mol. The van der Waals surface area contributed by atoms with Crippen molar-refractivity contribution in [2.75, 3.05) is 26.2 Å². The molecule has 0 saturated carbocycles. The Morgan fingerprint density at radius 3 is 2.55 bits per heavy atom. The number of amides is 2. The standard InChI is InChI=1S/C24H30ClN3O3/c1-17-3-2-12-28(16-17)24(30)19-10-13-27(14-11-19)23(29)9-8-22-26-15-21(31-22)18-4-6-20(25)7-5-18/h4-7,15,17,19H,2-3,8-14,16H2,1H3. The second-order valence-corrected chi connectivity index (χ2v) is 9.25. The molecule has 2 saturated heterocycles. The van der Waals surface area contributed by atoms with Crippen molar-refractivity contribution < 1.29 is 14.0 Å². The van der Waals surface area contributed by atoms with Crippen molar-refractivity contribution in [3.8, 4) is 11.3 Å². The van der Waals surface area contributed by atoms with E-state index in [2.05, 4.69) is 11.9 Å². The van der Waals surface area contributed by atoms with Crippen LogP contribution >= 0.6 is 11.6 Å². The Morgan fingerprint density at radius 1 is 1.10 bits per heavy atom. The fourth-order valence-corrected chi connectivity index (χ4v) is 4.70. The predicted octanol–water partition coefficient (Wildman–Crippen LogP) is 4.42. The Bertz CT molecular complexity index is 903. The van der Waals surface area contributed by atoms with E-state index in [1.807, 2.05) is 34.1 Å². The Kier molecular flexibility index (Phi) is 6.96. The minimum absolute atomic E-state index is 0.0584. The maximum absolute atomic E-state index is 12.8. The number of carbonyl (C=O) groups is 2. The summed E-state index contributed by atoms with van der Waals surface area (Å²) in [6.07, 6.45) is 6.35. The first-order chi connectivity index (χ1) is 15.0. The number of aryl methyl sites for hydroxylation is 1. The largest absolute Gasteiger partial charge is 0.441 e. The van der Waals surface area contributed by atoms with Crippen LogP contribution in [0.2, 0.25) is 5.02 Å². The zero-order valence-electron chi connectivity index (χ0n) is 18.1. The molecular weight excluding hydrogens is 414 g/mol. The van der Waals surface area contributed by atoms with E-state index in [0.717, 1.165) is 37.9 Å². The Labute approximate surface area is 188 Å². The third-order valence-corrected chi connectivity index (χ3v) is 6.65. The summed E-state index contributed by atoms with van der Waals surface area (Å²) in [5.41, 5.74) is 0.907. The van der Waals surface area contributed by atoms with Gasteiger partial charge >= 0.3 is 0 Å². The molecule has 0 N–H and O–H groups in total. The van der Waals surface area contributed by atoms with E-state index >= 15 is 0 Å². The molecule has 0 bridgehead atoms. The lowest BCUT2D eigenvalue weighted by molar-refractivity contribution is -0.142. The molecule has 2 aliphatic rings. The first kappa shape index (κ1) is 21.9. The maximum atomic E-state index is 12.8. The molecule has 166 valence electrons. The summed E-state index contributed by atoms with van der Waals surface area (Å²) in [5.74, 6) is 2.27. The van der Waals surface area contributed by atoms with Crippen LogP contribution in [0.25, 0.3) is 11.3 Å². The number of piperidine rings is 2. The van der Waals surface area contributed by atoms with Crippen LogP contribution in [0.5, 0.6) is 0 Å². The first-order valence-electron chi connectivity index (χ1n) is 11.3. The molecule has 1 unspecified atom stereocenters. The van der Waals surface area contributed by atoms with Crippen LogP contribution in [0.3, 0.4) is 0 Å². The van der Waals surface area contributed by atoms with Crippen LogP contribution in [0.4, 0.5) is 0 Å². The molecule has 1 aromatic heterocycles. The summed E-state index contributed by atoms with van der Waals surface area (Å²) in [6, 6.07) is 7.38. The number of carbonyl (C=O) groups excluding carboxylic acids is 2. The molecule has 0 spiro atoms. The third kappa shape index (κ3) is 5.48. The highest BCUT2D eigenvalue weighted by molar-refractivity contribution is 6.30. The minimum Gasteiger partial charge on any atom is -0.441 e. The minimum atomic E-state index is 0.0584. The predicted molar refractivity (Wildman–Crippen MR) is 120 cm³/mol. The van der Waals surface area contributed by atoms with Crippen molar-refractivity contribution in [2.45, 2.75) is 45.4 Å². The van der Waals surface area contributed by atoms with E-state index < -0.39 is 0 Å². The van der Waals surface area contributed by atoms with Gasteiger partial charge in [0.05, 0.1) is 6.20 Å². The van der Waals surface area contributed by atoms with Crippen LogP contribution < -0.4 is 0 Å². The number of rotatable bonds is 5. The first-order valence-corrected chi connectivity index (χ1v) is 11.6. The van der Waals surface area contributed by atoms with Gasteiger partial charge in [0.1, 0.15) is 0 Å². The van der Waals surface area contributed by atoms with Gasteiger partial charge in [0.2, 0.25) is 11.8 Å². The smallest absolute Gasteiger partial charge is 0.225 e.